The average molecular weight is 301 g/mol. The number of morpholine rings is 1. The first-order valence-corrected chi connectivity index (χ1v) is 6.68. The number of carbonyl (C=O) groups is 1. The van der Waals surface area contributed by atoms with Gasteiger partial charge in [-0.3, -0.25) is 4.79 Å². The molecule has 1 N–H and O–H groups in total. The van der Waals surface area contributed by atoms with E-state index < -0.39 is 6.10 Å². The van der Waals surface area contributed by atoms with Crippen molar-refractivity contribution >= 4 is 24.0 Å². The number of carbonyl (C=O) groups excluding carboxylic acids is 1. The summed E-state index contributed by atoms with van der Waals surface area (Å²) in [6, 6.07) is 4.62. The van der Waals surface area contributed by atoms with Gasteiger partial charge in [0.25, 0.3) is 5.91 Å². The fraction of sp³-hybridized carbons (Fsp3) is 0.500. The number of ether oxygens (including phenoxy) is 1. The molecule has 0 aromatic heterocycles. The predicted octanol–water partition coefficient (Wildman–Crippen LogP) is 1.52. The first kappa shape index (κ1) is 15.2. The Morgan fingerprint density at radius 3 is 3.05 bits per heavy atom. The summed E-state index contributed by atoms with van der Waals surface area (Å²) < 4.78 is 18.7. The molecule has 3 rings (SSSR count). The van der Waals surface area contributed by atoms with Crippen LogP contribution in [0.5, 0.6) is 0 Å². The summed E-state index contributed by atoms with van der Waals surface area (Å²) in [5.41, 5.74) is 1.73. The van der Waals surface area contributed by atoms with Crippen LogP contribution >= 0.6 is 12.4 Å². The second-order valence-electron chi connectivity index (χ2n) is 4.93. The van der Waals surface area contributed by atoms with Gasteiger partial charge in [0.2, 0.25) is 0 Å². The van der Waals surface area contributed by atoms with Gasteiger partial charge in [-0.25, -0.2) is 4.39 Å². The minimum atomic E-state index is -0.426. The second-order valence-corrected chi connectivity index (χ2v) is 4.93. The molecule has 110 valence electrons. The van der Waals surface area contributed by atoms with E-state index in [0.29, 0.717) is 19.7 Å². The Kier molecular flexibility index (Phi) is 4.96. The molecule has 20 heavy (non-hydrogen) atoms. The van der Waals surface area contributed by atoms with Crippen molar-refractivity contribution in [2.75, 3.05) is 31.1 Å². The molecule has 2 aliphatic heterocycles. The lowest BCUT2D eigenvalue weighted by Gasteiger charge is -2.33. The molecule has 1 aromatic rings. The molecule has 1 fully saturated rings. The normalized spacial score (nSPS) is 21.9. The van der Waals surface area contributed by atoms with Crippen LogP contribution in [0.2, 0.25) is 0 Å². The number of nitrogens with zero attached hydrogens (tertiary/aromatic N) is 1. The highest BCUT2D eigenvalue weighted by atomic mass is 35.5. The Hall–Kier alpha value is -1.17. The first-order valence-electron chi connectivity index (χ1n) is 6.68. The van der Waals surface area contributed by atoms with E-state index in [9.17, 15) is 9.18 Å². The van der Waals surface area contributed by atoms with E-state index >= 15 is 0 Å². The van der Waals surface area contributed by atoms with Gasteiger partial charge in [-0.05, 0) is 36.6 Å². The summed E-state index contributed by atoms with van der Waals surface area (Å²) in [5, 5.41) is 3.16. The Bertz CT molecular complexity index is 492. The zero-order valence-corrected chi connectivity index (χ0v) is 11.9. The van der Waals surface area contributed by atoms with Crippen molar-refractivity contribution in [1.29, 1.82) is 0 Å². The average Bonchev–Trinajstić information content (AvgIpc) is 2.46. The third-order valence-electron chi connectivity index (χ3n) is 3.63. The van der Waals surface area contributed by atoms with Gasteiger partial charge in [0, 0.05) is 25.3 Å². The van der Waals surface area contributed by atoms with E-state index in [1.807, 2.05) is 0 Å². The molecule has 1 aromatic carbocycles. The third kappa shape index (κ3) is 2.95. The number of nitrogens with one attached hydrogen (secondary N) is 1. The van der Waals surface area contributed by atoms with E-state index in [1.165, 1.54) is 12.1 Å². The molecular formula is C14H18ClFN2O2. The van der Waals surface area contributed by atoms with Crippen LogP contribution in [-0.4, -0.2) is 38.3 Å². The van der Waals surface area contributed by atoms with Crippen LogP contribution < -0.4 is 10.2 Å². The lowest BCUT2D eigenvalue weighted by Crippen LogP contribution is -2.50. The van der Waals surface area contributed by atoms with Crippen molar-refractivity contribution < 1.29 is 13.9 Å². The summed E-state index contributed by atoms with van der Waals surface area (Å²) in [5.74, 6) is -0.275. The van der Waals surface area contributed by atoms with Crippen molar-refractivity contribution in [3.63, 3.8) is 0 Å². The van der Waals surface area contributed by atoms with E-state index in [1.54, 1.807) is 11.0 Å². The van der Waals surface area contributed by atoms with Crippen LogP contribution in [0.4, 0.5) is 10.1 Å². The summed E-state index contributed by atoms with van der Waals surface area (Å²) >= 11 is 0. The molecule has 6 heteroatoms. The number of fused-ring (bicyclic) bond motifs is 1. The van der Waals surface area contributed by atoms with Gasteiger partial charge in [-0.15, -0.1) is 12.4 Å². The van der Waals surface area contributed by atoms with Crippen molar-refractivity contribution in [2.45, 2.75) is 18.9 Å². The minimum absolute atomic E-state index is 0. The number of hydrogen-bond acceptors (Lipinski definition) is 3. The van der Waals surface area contributed by atoms with E-state index in [-0.39, 0.29) is 24.1 Å². The molecule has 2 heterocycles. The maximum absolute atomic E-state index is 13.2. The molecule has 1 amide bonds. The maximum Gasteiger partial charge on any atom is 0.257 e. The molecule has 1 atom stereocenters. The molecule has 0 bridgehead atoms. The largest absolute Gasteiger partial charge is 0.366 e. The number of anilines is 1. The number of amides is 1. The highest BCUT2D eigenvalue weighted by Gasteiger charge is 2.30. The molecule has 1 unspecified atom stereocenters. The Labute approximate surface area is 123 Å². The van der Waals surface area contributed by atoms with Crippen LogP contribution in [0.25, 0.3) is 0 Å². The number of rotatable bonds is 1. The summed E-state index contributed by atoms with van der Waals surface area (Å²) in [7, 11) is 0. The van der Waals surface area contributed by atoms with Crippen LogP contribution in [0.3, 0.4) is 0 Å². The van der Waals surface area contributed by atoms with E-state index in [2.05, 4.69) is 5.32 Å². The minimum Gasteiger partial charge on any atom is -0.366 e. The van der Waals surface area contributed by atoms with Gasteiger partial charge in [-0.2, -0.15) is 0 Å². The zero-order valence-electron chi connectivity index (χ0n) is 11.1. The molecule has 0 saturated carbocycles. The first-order chi connectivity index (χ1) is 9.25. The lowest BCUT2D eigenvalue weighted by atomic mass is 10.0. The second kappa shape index (κ2) is 6.52. The van der Waals surface area contributed by atoms with Crippen LogP contribution in [0, 0.1) is 5.82 Å². The number of halogens is 2. The molecule has 1 saturated heterocycles. The van der Waals surface area contributed by atoms with Gasteiger partial charge in [0.1, 0.15) is 11.9 Å². The van der Waals surface area contributed by atoms with Crippen LogP contribution in [0.1, 0.15) is 12.0 Å². The van der Waals surface area contributed by atoms with Crippen molar-refractivity contribution in [1.82, 2.24) is 5.32 Å². The van der Waals surface area contributed by atoms with Crippen LogP contribution in [0.15, 0.2) is 18.2 Å². The summed E-state index contributed by atoms with van der Waals surface area (Å²) in [6.45, 7) is 2.56. The highest BCUT2D eigenvalue weighted by molar-refractivity contribution is 5.97. The quantitative estimate of drug-likeness (QED) is 0.855. The van der Waals surface area contributed by atoms with Crippen molar-refractivity contribution in [2.24, 2.45) is 0 Å². The topological polar surface area (TPSA) is 41.6 Å². The molecule has 0 radical (unpaired) electrons. The fourth-order valence-electron chi connectivity index (χ4n) is 2.69. The Balaban J connectivity index is 0.00000147. The SMILES string of the molecule is Cl.O=C(C1CNCCO1)N1CCCc2cc(F)ccc21. The van der Waals surface area contributed by atoms with Gasteiger partial charge < -0.3 is 15.0 Å². The van der Waals surface area contributed by atoms with E-state index in [0.717, 1.165) is 30.6 Å². The van der Waals surface area contributed by atoms with E-state index in [4.69, 9.17) is 4.74 Å². The van der Waals surface area contributed by atoms with Gasteiger partial charge in [0.15, 0.2) is 0 Å². The number of benzene rings is 1. The molecule has 0 aliphatic carbocycles. The molecule has 0 spiro atoms. The van der Waals surface area contributed by atoms with Gasteiger partial charge >= 0.3 is 0 Å². The van der Waals surface area contributed by atoms with Gasteiger partial charge in [-0.1, -0.05) is 0 Å². The predicted molar refractivity (Wildman–Crippen MR) is 76.9 cm³/mol. The lowest BCUT2D eigenvalue weighted by molar-refractivity contribution is -0.131. The number of aryl methyl sites for hydroxylation is 1. The maximum atomic E-state index is 13.2. The Morgan fingerprint density at radius 1 is 1.45 bits per heavy atom. The van der Waals surface area contributed by atoms with Crippen molar-refractivity contribution in [3.8, 4) is 0 Å². The molecule has 2 aliphatic rings. The molecule has 4 nitrogen and oxygen atoms in total. The highest BCUT2D eigenvalue weighted by Crippen LogP contribution is 2.28. The van der Waals surface area contributed by atoms with Gasteiger partial charge in [0.05, 0.1) is 6.61 Å². The standard InChI is InChI=1S/C14H17FN2O2.ClH/c15-11-3-4-12-10(8-11)2-1-6-17(12)14(18)13-9-16-5-7-19-13;/h3-4,8,13,16H,1-2,5-7,9H2;1H. The zero-order chi connectivity index (χ0) is 13.2. The van der Waals surface area contributed by atoms with Crippen LogP contribution in [-0.2, 0) is 16.0 Å². The molecular weight excluding hydrogens is 283 g/mol. The van der Waals surface area contributed by atoms with Crippen molar-refractivity contribution in [3.05, 3.63) is 29.6 Å². The smallest absolute Gasteiger partial charge is 0.257 e. The monoisotopic (exact) mass is 300 g/mol. The summed E-state index contributed by atoms with van der Waals surface area (Å²) in [4.78, 5) is 14.2. The Morgan fingerprint density at radius 2 is 2.30 bits per heavy atom. The third-order valence-corrected chi connectivity index (χ3v) is 3.63. The summed E-state index contributed by atoms with van der Waals surface area (Å²) in [6.07, 6.45) is 1.26. The number of hydrogen-bond donors (Lipinski definition) is 1. The fourth-order valence-corrected chi connectivity index (χ4v) is 2.69.